The monoisotopic (exact) mass is 397 g/mol. The summed E-state index contributed by atoms with van der Waals surface area (Å²) in [7, 11) is 1.62. The molecule has 0 bridgehead atoms. The maximum Gasteiger partial charge on any atom is 0.243 e. The Morgan fingerprint density at radius 3 is 2.33 bits per heavy atom. The summed E-state index contributed by atoms with van der Waals surface area (Å²) < 4.78 is 5.67. The maximum atomic E-state index is 12.9. The highest BCUT2D eigenvalue weighted by Gasteiger charge is 2.63. The van der Waals surface area contributed by atoms with Crippen LogP contribution in [0.4, 0.5) is 5.69 Å². The summed E-state index contributed by atoms with van der Waals surface area (Å²) in [4.78, 5) is 26.7. The van der Waals surface area contributed by atoms with Crippen molar-refractivity contribution in [3.8, 4) is 0 Å². The lowest BCUT2D eigenvalue weighted by molar-refractivity contribution is -0.178. The van der Waals surface area contributed by atoms with Crippen LogP contribution >= 0.6 is 12.4 Å². The van der Waals surface area contributed by atoms with Gasteiger partial charge in [0.1, 0.15) is 5.54 Å². The van der Waals surface area contributed by atoms with Crippen molar-refractivity contribution in [1.82, 2.24) is 4.90 Å². The van der Waals surface area contributed by atoms with Crippen LogP contribution in [0, 0.1) is 19.3 Å². The number of nitrogens with zero attached hydrogens (tertiary/aromatic N) is 1. The summed E-state index contributed by atoms with van der Waals surface area (Å²) >= 11 is 0. The number of hydrogen-bond acceptors (Lipinski definition) is 4. The van der Waals surface area contributed by atoms with Crippen molar-refractivity contribution in [2.24, 2.45) is 11.1 Å². The number of nitrogens with two attached hydrogens (primary N) is 1. The van der Waals surface area contributed by atoms with Gasteiger partial charge in [0.05, 0.1) is 12.6 Å². The number of aryl methyl sites for hydroxylation is 2. The summed E-state index contributed by atoms with van der Waals surface area (Å²) in [5.41, 5.74) is 7.70. The van der Waals surface area contributed by atoms with E-state index in [1.165, 1.54) is 4.90 Å². The first kappa shape index (κ1) is 23.4. The fourth-order valence-electron chi connectivity index (χ4n) is 3.62. The number of carbonyl (C=O) groups excluding carboxylic acids is 2. The quantitative estimate of drug-likeness (QED) is 0.772. The van der Waals surface area contributed by atoms with Crippen molar-refractivity contribution in [2.45, 2.75) is 52.7 Å². The molecular weight excluding hydrogens is 366 g/mol. The highest BCUT2D eigenvalue weighted by molar-refractivity contribution is 5.97. The van der Waals surface area contributed by atoms with Gasteiger partial charge < -0.3 is 20.7 Å². The smallest absolute Gasteiger partial charge is 0.243 e. The molecule has 1 aliphatic rings. The molecule has 0 aromatic heterocycles. The summed E-state index contributed by atoms with van der Waals surface area (Å²) in [6.07, 6.45) is 0.425. The Labute approximate surface area is 168 Å². The number of nitrogens with one attached hydrogen (secondary N) is 1. The highest BCUT2D eigenvalue weighted by atomic mass is 35.5. The molecule has 0 aliphatic heterocycles. The van der Waals surface area contributed by atoms with Gasteiger partial charge in [-0.25, -0.2) is 0 Å². The average molecular weight is 398 g/mol. The molecule has 0 saturated heterocycles. The normalized spacial score (nSPS) is 23.0. The molecule has 7 heteroatoms. The van der Waals surface area contributed by atoms with Crippen LogP contribution in [0.3, 0.4) is 0 Å². The Bertz CT molecular complexity index is 687. The molecule has 1 fully saturated rings. The van der Waals surface area contributed by atoms with Crippen LogP contribution in [0.2, 0.25) is 0 Å². The van der Waals surface area contributed by atoms with Crippen molar-refractivity contribution in [3.05, 3.63) is 29.3 Å². The molecule has 1 aromatic rings. The van der Waals surface area contributed by atoms with Crippen LogP contribution in [-0.2, 0) is 14.3 Å². The number of carbonyl (C=O) groups is 2. The summed E-state index contributed by atoms with van der Waals surface area (Å²) in [5.74, 6) is -0.463. The van der Waals surface area contributed by atoms with Gasteiger partial charge in [-0.3, -0.25) is 9.59 Å². The van der Waals surface area contributed by atoms with Crippen LogP contribution < -0.4 is 11.1 Å². The van der Waals surface area contributed by atoms with Crippen molar-refractivity contribution >= 4 is 29.9 Å². The molecule has 152 valence electrons. The zero-order valence-electron chi connectivity index (χ0n) is 17.1. The fourth-order valence-corrected chi connectivity index (χ4v) is 3.62. The minimum atomic E-state index is -1.01. The van der Waals surface area contributed by atoms with Crippen molar-refractivity contribution < 1.29 is 14.3 Å². The van der Waals surface area contributed by atoms with Gasteiger partial charge in [-0.05, 0) is 31.9 Å². The second kappa shape index (κ2) is 8.59. The van der Waals surface area contributed by atoms with Gasteiger partial charge in [-0.1, -0.05) is 32.0 Å². The zero-order chi connectivity index (χ0) is 19.7. The number of hydrogen-bond donors (Lipinski definition) is 2. The molecule has 2 unspecified atom stereocenters. The largest absolute Gasteiger partial charge is 0.378 e. The van der Waals surface area contributed by atoms with Crippen molar-refractivity contribution in [3.63, 3.8) is 0 Å². The summed E-state index contributed by atoms with van der Waals surface area (Å²) in [6, 6.07) is 5.83. The van der Waals surface area contributed by atoms with Gasteiger partial charge in [-0.2, -0.15) is 0 Å². The zero-order valence-corrected chi connectivity index (χ0v) is 17.9. The molecule has 1 aliphatic carbocycles. The number of para-hydroxylation sites is 1. The Hall–Kier alpha value is -1.63. The Balaban J connectivity index is 0.00000364. The lowest BCUT2D eigenvalue weighted by Gasteiger charge is -2.58. The van der Waals surface area contributed by atoms with E-state index in [-0.39, 0.29) is 36.9 Å². The van der Waals surface area contributed by atoms with E-state index in [0.717, 1.165) is 16.8 Å². The molecule has 27 heavy (non-hydrogen) atoms. The molecule has 2 amide bonds. The number of halogens is 1. The molecule has 1 aromatic carbocycles. The Kier molecular flexibility index (Phi) is 7.45. The first-order valence-electron chi connectivity index (χ1n) is 9.06. The molecule has 2 rings (SSSR count). The Morgan fingerprint density at radius 2 is 1.85 bits per heavy atom. The minimum absolute atomic E-state index is 0. The van der Waals surface area contributed by atoms with Crippen molar-refractivity contribution in [2.75, 3.05) is 25.5 Å². The fraction of sp³-hybridized carbons (Fsp3) is 0.600. The van der Waals surface area contributed by atoms with Crippen LogP contribution in [0.15, 0.2) is 18.2 Å². The highest BCUT2D eigenvalue weighted by Crippen LogP contribution is 2.50. The molecule has 6 nitrogen and oxygen atoms in total. The molecule has 0 spiro atoms. The van der Waals surface area contributed by atoms with Gasteiger partial charge in [0.25, 0.3) is 0 Å². The van der Waals surface area contributed by atoms with Crippen molar-refractivity contribution in [1.29, 1.82) is 0 Å². The number of amides is 2. The number of ether oxygens (including phenoxy) is 1. The van der Waals surface area contributed by atoms with Gasteiger partial charge in [0.2, 0.25) is 11.8 Å². The van der Waals surface area contributed by atoms with E-state index in [4.69, 9.17) is 10.5 Å². The lowest BCUT2D eigenvalue weighted by atomic mass is 9.54. The van der Waals surface area contributed by atoms with E-state index in [0.29, 0.717) is 13.0 Å². The predicted octanol–water partition coefficient (Wildman–Crippen LogP) is 2.65. The molecule has 0 heterocycles. The van der Waals surface area contributed by atoms with Gasteiger partial charge in [0, 0.05) is 31.2 Å². The third-order valence-corrected chi connectivity index (χ3v) is 5.68. The van der Waals surface area contributed by atoms with Crippen LogP contribution in [0.5, 0.6) is 0 Å². The topological polar surface area (TPSA) is 84.7 Å². The molecule has 0 radical (unpaired) electrons. The number of likely N-dealkylation sites (N-methyl/N-ethyl adjacent to an activating group) is 1. The molecule has 1 saturated carbocycles. The Morgan fingerprint density at radius 1 is 1.30 bits per heavy atom. The van der Waals surface area contributed by atoms with E-state index >= 15 is 0 Å². The molecular formula is C20H32ClN3O3. The van der Waals surface area contributed by atoms with Crippen LogP contribution in [0.25, 0.3) is 0 Å². The molecule has 2 atom stereocenters. The first-order chi connectivity index (χ1) is 12.0. The van der Waals surface area contributed by atoms with E-state index in [1.54, 1.807) is 7.05 Å². The summed E-state index contributed by atoms with van der Waals surface area (Å²) in [5, 5.41) is 2.90. The second-order valence-electron chi connectivity index (χ2n) is 7.82. The second-order valence-corrected chi connectivity index (χ2v) is 7.82. The number of rotatable bonds is 6. The van der Waals surface area contributed by atoms with E-state index in [9.17, 15) is 9.59 Å². The third kappa shape index (κ3) is 4.28. The summed E-state index contributed by atoms with van der Waals surface area (Å²) in [6.45, 7) is 10.2. The van der Waals surface area contributed by atoms with Gasteiger partial charge in [-0.15, -0.1) is 12.4 Å². The SMILES string of the molecule is CCOC1CC(N)(C(=O)N(C)CC(=O)Nc2c(C)cccc2C)C1(C)C.Cl. The lowest BCUT2D eigenvalue weighted by Crippen LogP contribution is -2.76. The van der Waals surface area contributed by atoms with E-state index in [1.807, 2.05) is 52.8 Å². The first-order valence-corrected chi connectivity index (χ1v) is 9.06. The van der Waals surface area contributed by atoms with E-state index in [2.05, 4.69) is 5.32 Å². The van der Waals surface area contributed by atoms with Gasteiger partial charge in [0.15, 0.2) is 0 Å². The predicted molar refractivity (Wildman–Crippen MR) is 110 cm³/mol. The number of benzene rings is 1. The average Bonchev–Trinajstić information content (AvgIpc) is 2.57. The van der Waals surface area contributed by atoms with Crippen LogP contribution in [-0.4, -0.2) is 48.6 Å². The maximum absolute atomic E-state index is 12.9. The van der Waals surface area contributed by atoms with Gasteiger partial charge >= 0.3 is 0 Å². The molecule has 3 N–H and O–H groups in total. The third-order valence-electron chi connectivity index (χ3n) is 5.68. The standard InChI is InChI=1S/C20H31N3O3.ClH/c1-7-26-15-11-20(21,19(15,4)5)18(25)23(6)12-16(24)22-17-13(2)9-8-10-14(17)3;/h8-10,15H,7,11-12,21H2,1-6H3,(H,22,24);1H. The minimum Gasteiger partial charge on any atom is -0.378 e. The van der Waals surface area contributed by atoms with Crippen LogP contribution in [0.1, 0.15) is 38.3 Å². The number of anilines is 1. The van der Waals surface area contributed by atoms with E-state index < -0.39 is 11.0 Å².